The van der Waals surface area contributed by atoms with Crippen LogP contribution in [0.3, 0.4) is 0 Å². The third-order valence-electron chi connectivity index (χ3n) is 1.89. The van der Waals surface area contributed by atoms with E-state index in [-0.39, 0.29) is 19.1 Å². The normalized spacial score (nSPS) is 16.4. The lowest BCUT2D eigenvalue weighted by molar-refractivity contribution is 0.0904. The lowest BCUT2D eigenvalue weighted by atomic mass is 10.2. The Morgan fingerprint density at radius 3 is 2.69 bits per heavy atom. The summed E-state index contributed by atoms with van der Waals surface area (Å²) in [4.78, 5) is 12.6. The maximum Gasteiger partial charge on any atom is 0.317 e. The summed E-state index contributed by atoms with van der Waals surface area (Å²) in [6.07, 6.45) is 1.10. The summed E-state index contributed by atoms with van der Waals surface area (Å²) >= 11 is 0. The molecule has 13 heavy (non-hydrogen) atoms. The highest BCUT2D eigenvalue weighted by atomic mass is 19.1. The highest BCUT2D eigenvalue weighted by Gasteiger charge is 2.29. The van der Waals surface area contributed by atoms with Gasteiger partial charge >= 0.3 is 6.03 Å². The second kappa shape index (κ2) is 4.25. The number of carbonyl (C=O) groups excluding carboxylic acids is 1. The van der Waals surface area contributed by atoms with Crippen molar-refractivity contribution >= 4 is 6.03 Å². The Balaban J connectivity index is 2.15. The van der Waals surface area contributed by atoms with Crippen LogP contribution in [0.5, 0.6) is 0 Å². The van der Waals surface area contributed by atoms with Crippen molar-refractivity contribution in [1.29, 1.82) is 0 Å². The van der Waals surface area contributed by atoms with E-state index >= 15 is 0 Å². The molecule has 0 aliphatic carbocycles. The van der Waals surface area contributed by atoms with Gasteiger partial charge in [-0.05, 0) is 13.8 Å². The van der Waals surface area contributed by atoms with E-state index in [1.165, 1.54) is 4.90 Å². The van der Waals surface area contributed by atoms with Crippen LogP contribution in [0.1, 0.15) is 13.8 Å². The lowest BCUT2D eigenvalue weighted by Crippen LogP contribution is -2.55. The second-order valence-corrected chi connectivity index (χ2v) is 3.47. The molecule has 3 nitrogen and oxygen atoms in total. The largest absolute Gasteiger partial charge is 0.335 e. The number of hydrogen-bond donors (Lipinski definition) is 1. The molecule has 1 aliphatic rings. The molecular weight excluding hydrogens is 171 g/mol. The summed E-state index contributed by atoms with van der Waals surface area (Å²) in [5.74, 6) is 0. The number of nitrogens with zero attached hydrogens (tertiary/aromatic N) is 1. The van der Waals surface area contributed by atoms with Gasteiger partial charge in [0.1, 0.15) is 6.17 Å². The number of rotatable bonds is 2. The van der Waals surface area contributed by atoms with Gasteiger partial charge in [-0.25, -0.2) is 9.18 Å². The number of halogens is 1. The summed E-state index contributed by atoms with van der Waals surface area (Å²) in [6.45, 7) is 4.93. The highest BCUT2D eigenvalue weighted by molar-refractivity contribution is 5.75. The van der Waals surface area contributed by atoms with Crippen LogP contribution in [-0.2, 0) is 0 Å². The SMILES string of the molecule is CC(C)=CCNC(=O)N1CC(F)C1. The first kappa shape index (κ1) is 10.0. The molecule has 0 aromatic rings. The average Bonchev–Trinajstić information content (AvgIpc) is 1.97. The number of nitrogens with one attached hydrogen (secondary N) is 1. The molecule has 0 spiro atoms. The quantitative estimate of drug-likeness (QED) is 0.648. The fourth-order valence-electron chi connectivity index (χ4n) is 1.04. The van der Waals surface area contributed by atoms with E-state index in [9.17, 15) is 9.18 Å². The van der Waals surface area contributed by atoms with Gasteiger partial charge < -0.3 is 10.2 Å². The molecule has 0 aromatic heterocycles. The van der Waals surface area contributed by atoms with E-state index in [1.807, 2.05) is 19.9 Å². The zero-order valence-corrected chi connectivity index (χ0v) is 8.01. The minimum Gasteiger partial charge on any atom is -0.335 e. The molecule has 1 heterocycles. The van der Waals surface area contributed by atoms with E-state index in [2.05, 4.69) is 5.32 Å². The Labute approximate surface area is 77.6 Å². The second-order valence-electron chi connectivity index (χ2n) is 3.47. The molecule has 1 N–H and O–H groups in total. The zero-order chi connectivity index (χ0) is 9.84. The predicted molar refractivity (Wildman–Crippen MR) is 49.3 cm³/mol. The number of carbonyl (C=O) groups is 1. The van der Waals surface area contributed by atoms with Gasteiger partial charge in [0.15, 0.2) is 0 Å². The van der Waals surface area contributed by atoms with Gasteiger partial charge in [-0.1, -0.05) is 11.6 Å². The molecule has 0 atom stereocenters. The molecule has 0 bridgehead atoms. The fourth-order valence-corrected chi connectivity index (χ4v) is 1.04. The molecule has 0 radical (unpaired) electrons. The third-order valence-corrected chi connectivity index (χ3v) is 1.89. The number of hydrogen-bond acceptors (Lipinski definition) is 1. The Bertz CT molecular complexity index is 218. The summed E-state index contributed by atoms with van der Waals surface area (Å²) in [5.41, 5.74) is 1.16. The van der Waals surface area contributed by atoms with Crippen LogP contribution < -0.4 is 5.32 Å². The number of amides is 2. The number of urea groups is 1. The third kappa shape index (κ3) is 3.05. The molecule has 74 valence electrons. The van der Waals surface area contributed by atoms with Gasteiger partial charge in [-0.15, -0.1) is 0 Å². The van der Waals surface area contributed by atoms with Gasteiger partial charge in [0.2, 0.25) is 0 Å². The molecule has 0 unspecified atom stereocenters. The molecule has 0 saturated carbocycles. The van der Waals surface area contributed by atoms with Gasteiger partial charge in [0.05, 0.1) is 13.1 Å². The molecule has 1 rings (SSSR count). The van der Waals surface area contributed by atoms with Crippen LogP contribution in [-0.4, -0.2) is 36.7 Å². The zero-order valence-electron chi connectivity index (χ0n) is 8.01. The van der Waals surface area contributed by atoms with Crippen LogP contribution in [0.15, 0.2) is 11.6 Å². The van der Waals surface area contributed by atoms with Gasteiger partial charge in [-0.2, -0.15) is 0 Å². The molecule has 0 aromatic carbocycles. The number of likely N-dealkylation sites (tertiary alicyclic amines) is 1. The number of alkyl halides is 1. The summed E-state index contributed by atoms with van der Waals surface area (Å²) in [5, 5.41) is 2.68. The van der Waals surface area contributed by atoms with E-state index in [0.717, 1.165) is 5.57 Å². The van der Waals surface area contributed by atoms with Crippen molar-refractivity contribution in [3.05, 3.63) is 11.6 Å². The van der Waals surface area contributed by atoms with Crippen LogP contribution in [0, 0.1) is 0 Å². The molecule has 1 saturated heterocycles. The summed E-state index contributed by atoms with van der Waals surface area (Å²) in [6, 6.07) is -0.175. The molecule has 1 aliphatic heterocycles. The molecule has 4 heteroatoms. The van der Waals surface area contributed by atoms with E-state index in [4.69, 9.17) is 0 Å². The van der Waals surface area contributed by atoms with E-state index in [0.29, 0.717) is 6.54 Å². The topological polar surface area (TPSA) is 32.3 Å². The first-order valence-electron chi connectivity index (χ1n) is 4.40. The minimum atomic E-state index is -0.825. The van der Waals surface area contributed by atoms with Crippen LogP contribution in [0.25, 0.3) is 0 Å². The fraction of sp³-hybridized carbons (Fsp3) is 0.667. The maximum atomic E-state index is 12.3. The standard InChI is InChI=1S/C9H15FN2O/c1-7(2)3-4-11-9(13)12-5-8(10)6-12/h3,8H,4-6H2,1-2H3,(H,11,13). The van der Waals surface area contributed by atoms with Crippen molar-refractivity contribution in [2.75, 3.05) is 19.6 Å². The monoisotopic (exact) mass is 186 g/mol. The smallest absolute Gasteiger partial charge is 0.317 e. The van der Waals surface area contributed by atoms with Crippen molar-refractivity contribution in [1.82, 2.24) is 10.2 Å². The van der Waals surface area contributed by atoms with Crippen LogP contribution in [0.4, 0.5) is 9.18 Å². The Morgan fingerprint density at radius 1 is 1.62 bits per heavy atom. The highest BCUT2D eigenvalue weighted by Crippen LogP contribution is 2.10. The van der Waals surface area contributed by atoms with Crippen LogP contribution in [0.2, 0.25) is 0 Å². The molecular formula is C9H15FN2O. The molecule has 1 fully saturated rings. The summed E-state index contributed by atoms with van der Waals surface area (Å²) in [7, 11) is 0. The first-order valence-corrected chi connectivity index (χ1v) is 4.40. The lowest BCUT2D eigenvalue weighted by Gasteiger charge is -2.34. The predicted octanol–water partition coefficient (Wildman–Crippen LogP) is 1.32. The van der Waals surface area contributed by atoms with Crippen molar-refractivity contribution in [2.24, 2.45) is 0 Å². The van der Waals surface area contributed by atoms with E-state index in [1.54, 1.807) is 0 Å². The van der Waals surface area contributed by atoms with Crippen molar-refractivity contribution in [2.45, 2.75) is 20.0 Å². The summed E-state index contributed by atoms with van der Waals surface area (Å²) < 4.78 is 12.3. The number of allylic oxidation sites excluding steroid dienone is 1. The average molecular weight is 186 g/mol. The Hall–Kier alpha value is -1.06. The van der Waals surface area contributed by atoms with Gasteiger partial charge in [0, 0.05) is 6.54 Å². The first-order chi connectivity index (χ1) is 6.09. The Kier molecular flexibility index (Phi) is 3.28. The van der Waals surface area contributed by atoms with E-state index < -0.39 is 6.17 Å². The van der Waals surface area contributed by atoms with Crippen molar-refractivity contribution in [3.8, 4) is 0 Å². The molecule has 2 amide bonds. The van der Waals surface area contributed by atoms with Gasteiger partial charge in [-0.3, -0.25) is 0 Å². The Morgan fingerprint density at radius 2 is 2.23 bits per heavy atom. The minimum absolute atomic E-state index is 0.175. The van der Waals surface area contributed by atoms with Crippen molar-refractivity contribution in [3.63, 3.8) is 0 Å². The van der Waals surface area contributed by atoms with Crippen LogP contribution >= 0.6 is 0 Å². The maximum absolute atomic E-state index is 12.3. The van der Waals surface area contributed by atoms with Gasteiger partial charge in [0.25, 0.3) is 0 Å². The van der Waals surface area contributed by atoms with Crippen molar-refractivity contribution < 1.29 is 9.18 Å².